The molecule has 0 atom stereocenters. The number of nitrogens with one attached hydrogen (secondary N) is 2. The monoisotopic (exact) mass is 434 g/mol. The van der Waals surface area contributed by atoms with Gasteiger partial charge < -0.3 is 20.1 Å². The van der Waals surface area contributed by atoms with Gasteiger partial charge >= 0.3 is 0 Å². The zero-order valence-corrected chi connectivity index (χ0v) is 18.9. The van der Waals surface area contributed by atoms with Crippen molar-refractivity contribution in [1.82, 2.24) is 9.62 Å². The van der Waals surface area contributed by atoms with Crippen LogP contribution >= 0.6 is 0 Å². The number of hydrogen-bond acceptors (Lipinski definition) is 5. The van der Waals surface area contributed by atoms with Crippen molar-refractivity contribution in [2.24, 2.45) is 4.99 Å². The summed E-state index contributed by atoms with van der Waals surface area (Å²) < 4.78 is 36.5. The molecule has 9 heteroatoms. The molecule has 0 saturated heterocycles. The second kappa shape index (κ2) is 10.8. The van der Waals surface area contributed by atoms with Crippen molar-refractivity contribution in [3.05, 3.63) is 48.0 Å². The molecule has 0 aromatic heterocycles. The maximum Gasteiger partial charge on any atom is 0.242 e. The van der Waals surface area contributed by atoms with Gasteiger partial charge in [0.25, 0.3) is 0 Å². The summed E-state index contributed by atoms with van der Waals surface area (Å²) in [5.74, 6) is 1.92. The molecule has 0 heterocycles. The summed E-state index contributed by atoms with van der Waals surface area (Å²) in [5.41, 5.74) is 1.71. The molecule has 0 amide bonds. The normalized spacial score (nSPS) is 12.0. The van der Waals surface area contributed by atoms with Gasteiger partial charge in [-0.05, 0) is 43.7 Å². The smallest absolute Gasteiger partial charge is 0.242 e. The van der Waals surface area contributed by atoms with Crippen LogP contribution in [0, 0.1) is 0 Å². The topological polar surface area (TPSA) is 92.3 Å². The number of methoxy groups -OCH3 is 1. The lowest BCUT2D eigenvalue weighted by molar-refractivity contribution is 0.311. The lowest BCUT2D eigenvalue weighted by atomic mass is 10.2. The number of benzene rings is 2. The third-order valence-corrected chi connectivity index (χ3v) is 6.02. The van der Waals surface area contributed by atoms with E-state index in [1.54, 1.807) is 31.4 Å². The van der Waals surface area contributed by atoms with Crippen LogP contribution in [-0.4, -0.2) is 53.0 Å². The Kier molecular flexibility index (Phi) is 8.49. The van der Waals surface area contributed by atoms with Crippen LogP contribution in [0.5, 0.6) is 11.5 Å². The maximum absolute atomic E-state index is 12.2. The number of nitrogens with zero attached hydrogens (tertiary/aromatic N) is 2. The third-order valence-electron chi connectivity index (χ3n) is 4.19. The van der Waals surface area contributed by atoms with E-state index in [-0.39, 0.29) is 4.90 Å². The molecule has 0 aliphatic heterocycles. The molecule has 0 radical (unpaired) electrons. The van der Waals surface area contributed by atoms with E-state index in [2.05, 4.69) is 15.6 Å². The summed E-state index contributed by atoms with van der Waals surface area (Å²) >= 11 is 0. The third kappa shape index (κ3) is 6.11. The molecule has 0 saturated carbocycles. The van der Waals surface area contributed by atoms with E-state index >= 15 is 0 Å². The Hall–Kier alpha value is -2.78. The van der Waals surface area contributed by atoms with E-state index in [9.17, 15) is 8.42 Å². The first-order valence-corrected chi connectivity index (χ1v) is 11.1. The van der Waals surface area contributed by atoms with E-state index in [1.807, 2.05) is 32.0 Å². The first kappa shape index (κ1) is 23.5. The minimum absolute atomic E-state index is 0.256. The Bertz CT molecular complexity index is 957. The fourth-order valence-corrected chi connectivity index (χ4v) is 3.52. The fraction of sp³-hybridized carbons (Fsp3) is 0.381. The molecule has 2 rings (SSSR count). The van der Waals surface area contributed by atoms with Crippen molar-refractivity contribution >= 4 is 21.7 Å². The molecule has 2 N–H and O–H groups in total. The first-order chi connectivity index (χ1) is 14.3. The van der Waals surface area contributed by atoms with Crippen molar-refractivity contribution in [3.8, 4) is 11.5 Å². The molecule has 8 nitrogen and oxygen atoms in total. The highest BCUT2D eigenvalue weighted by Gasteiger charge is 2.16. The molecule has 0 aliphatic carbocycles. The average Bonchev–Trinajstić information content (AvgIpc) is 2.73. The molecule has 0 aliphatic rings. The number of guanidine groups is 1. The minimum atomic E-state index is -3.44. The van der Waals surface area contributed by atoms with Gasteiger partial charge in [-0.1, -0.05) is 12.1 Å². The van der Waals surface area contributed by atoms with Crippen LogP contribution in [0.4, 0.5) is 5.69 Å². The largest absolute Gasteiger partial charge is 0.493 e. The van der Waals surface area contributed by atoms with E-state index in [1.165, 1.54) is 18.4 Å². The highest BCUT2D eigenvalue weighted by molar-refractivity contribution is 7.89. The second-order valence-corrected chi connectivity index (χ2v) is 8.70. The SMILES string of the molecule is CCNC(=NCc1ccc(S(=O)(=O)N(C)C)cc1)Nc1ccc(OC)c(OCC)c1. The van der Waals surface area contributed by atoms with Gasteiger partial charge in [0, 0.05) is 32.4 Å². The van der Waals surface area contributed by atoms with Gasteiger partial charge in [-0.15, -0.1) is 0 Å². The summed E-state index contributed by atoms with van der Waals surface area (Å²) in [6, 6.07) is 12.3. The van der Waals surface area contributed by atoms with Crippen molar-refractivity contribution in [2.75, 3.05) is 39.7 Å². The zero-order chi connectivity index (χ0) is 22.1. The van der Waals surface area contributed by atoms with E-state index in [0.717, 1.165) is 11.3 Å². The minimum Gasteiger partial charge on any atom is -0.493 e. The molecule has 2 aromatic carbocycles. The molecule has 0 fully saturated rings. The number of aliphatic imine (C=N–C) groups is 1. The van der Waals surface area contributed by atoms with Gasteiger partial charge in [-0.25, -0.2) is 17.7 Å². The number of anilines is 1. The van der Waals surface area contributed by atoms with Gasteiger partial charge in [0.15, 0.2) is 17.5 Å². The van der Waals surface area contributed by atoms with Crippen LogP contribution in [-0.2, 0) is 16.6 Å². The number of hydrogen-bond donors (Lipinski definition) is 2. The number of rotatable bonds is 9. The van der Waals surface area contributed by atoms with Gasteiger partial charge in [0.2, 0.25) is 10.0 Å². The standard InChI is InChI=1S/C21H30N4O4S/c1-6-22-21(24-17-10-13-19(28-5)20(14-17)29-7-2)23-15-16-8-11-18(12-9-16)30(26,27)25(3)4/h8-14H,6-7,15H2,1-5H3,(H2,22,23,24). The summed E-state index contributed by atoms with van der Waals surface area (Å²) in [4.78, 5) is 4.84. The molecule has 0 spiro atoms. The number of ether oxygens (including phenoxy) is 2. The van der Waals surface area contributed by atoms with Crippen LogP contribution in [0.25, 0.3) is 0 Å². The van der Waals surface area contributed by atoms with E-state index < -0.39 is 10.0 Å². The first-order valence-electron chi connectivity index (χ1n) is 9.69. The van der Waals surface area contributed by atoms with Crippen molar-refractivity contribution in [3.63, 3.8) is 0 Å². The molecule has 2 aromatic rings. The molecule has 0 unspecified atom stereocenters. The Labute approximate surface area is 179 Å². The van der Waals surface area contributed by atoms with Gasteiger partial charge in [-0.2, -0.15) is 0 Å². The van der Waals surface area contributed by atoms with Crippen molar-refractivity contribution in [1.29, 1.82) is 0 Å². The highest BCUT2D eigenvalue weighted by atomic mass is 32.2. The summed E-state index contributed by atoms with van der Waals surface area (Å²) in [5, 5.41) is 6.45. The highest BCUT2D eigenvalue weighted by Crippen LogP contribution is 2.30. The quantitative estimate of drug-likeness (QED) is 0.466. The van der Waals surface area contributed by atoms with Gasteiger partial charge in [0.05, 0.1) is 25.2 Å². The van der Waals surface area contributed by atoms with Crippen LogP contribution < -0.4 is 20.1 Å². The summed E-state index contributed by atoms with van der Waals surface area (Å²) in [6.07, 6.45) is 0. The van der Waals surface area contributed by atoms with Crippen molar-refractivity contribution < 1.29 is 17.9 Å². The van der Waals surface area contributed by atoms with Crippen LogP contribution in [0.1, 0.15) is 19.4 Å². The van der Waals surface area contributed by atoms with Crippen LogP contribution in [0.2, 0.25) is 0 Å². The van der Waals surface area contributed by atoms with E-state index in [0.29, 0.717) is 37.2 Å². The lowest BCUT2D eigenvalue weighted by Crippen LogP contribution is -2.30. The van der Waals surface area contributed by atoms with Crippen molar-refractivity contribution in [2.45, 2.75) is 25.3 Å². The Balaban J connectivity index is 2.16. The molecular weight excluding hydrogens is 404 g/mol. The van der Waals surface area contributed by atoms with Gasteiger partial charge in [-0.3, -0.25) is 0 Å². The summed E-state index contributed by atoms with van der Waals surface area (Å²) in [7, 11) is 1.19. The van der Waals surface area contributed by atoms with Crippen LogP contribution in [0.15, 0.2) is 52.4 Å². The number of sulfonamides is 1. The maximum atomic E-state index is 12.2. The predicted octanol–water partition coefficient (Wildman–Crippen LogP) is 2.92. The predicted molar refractivity (Wildman–Crippen MR) is 120 cm³/mol. The molecule has 164 valence electrons. The Morgan fingerprint density at radius 1 is 1.07 bits per heavy atom. The molecule has 30 heavy (non-hydrogen) atoms. The molecular formula is C21H30N4O4S. The molecule has 0 bridgehead atoms. The van der Waals surface area contributed by atoms with Gasteiger partial charge in [0.1, 0.15) is 0 Å². The lowest BCUT2D eigenvalue weighted by Gasteiger charge is -2.14. The fourth-order valence-electron chi connectivity index (χ4n) is 2.61. The summed E-state index contributed by atoms with van der Waals surface area (Å²) in [6.45, 7) is 5.53. The Morgan fingerprint density at radius 3 is 2.33 bits per heavy atom. The van der Waals surface area contributed by atoms with E-state index in [4.69, 9.17) is 9.47 Å². The average molecular weight is 435 g/mol. The zero-order valence-electron chi connectivity index (χ0n) is 18.1. The van der Waals surface area contributed by atoms with Crippen LogP contribution in [0.3, 0.4) is 0 Å². The second-order valence-electron chi connectivity index (χ2n) is 6.55. The Morgan fingerprint density at radius 2 is 1.77 bits per heavy atom.